The second-order valence-corrected chi connectivity index (χ2v) is 10.6. The van der Waals surface area contributed by atoms with Crippen LogP contribution >= 0.6 is 35.0 Å². The topological polar surface area (TPSA) is 87.3 Å². The second-order valence-electron chi connectivity index (χ2n) is 8.74. The van der Waals surface area contributed by atoms with Crippen molar-refractivity contribution in [3.8, 4) is 0 Å². The van der Waals surface area contributed by atoms with Crippen LogP contribution in [0.5, 0.6) is 0 Å². The van der Waals surface area contributed by atoms with Gasteiger partial charge in [-0.3, -0.25) is 14.4 Å². The van der Waals surface area contributed by atoms with Crippen molar-refractivity contribution in [1.82, 2.24) is 5.32 Å². The van der Waals surface area contributed by atoms with Crippen LogP contribution in [0.3, 0.4) is 0 Å². The zero-order chi connectivity index (χ0) is 28.5. The largest absolute Gasteiger partial charge is 0.324 e. The Morgan fingerprint density at radius 1 is 0.825 bits per heavy atom. The zero-order valence-electron chi connectivity index (χ0n) is 21.4. The number of hydrogen-bond acceptors (Lipinski definition) is 4. The molecule has 0 saturated carbocycles. The summed E-state index contributed by atoms with van der Waals surface area (Å²) < 4.78 is 0. The number of carbonyl (C=O) groups excluding carboxylic acids is 3. The maximum atomic E-state index is 13.3. The Bertz CT molecular complexity index is 1580. The van der Waals surface area contributed by atoms with Crippen LogP contribution in [-0.4, -0.2) is 23.5 Å². The van der Waals surface area contributed by atoms with Gasteiger partial charge >= 0.3 is 0 Å². The molecule has 0 heterocycles. The third kappa shape index (κ3) is 8.48. The Labute approximate surface area is 246 Å². The van der Waals surface area contributed by atoms with E-state index < -0.39 is 11.8 Å². The number of hydrogen-bond donors (Lipinski definition) is 3. The monoisotopic (exact) mass is 589 g/mol. The van der Waals surface area contributed by atoms with Gasteiger partial charge in [0, 0.05) is 21.2 Å². The Morgan fingerprint density at radius 3 is 2.38 bits per heavy atom. The molecule has 40 heavy (non-hydrogen) atoms. The number of aryl methyl sites for hydroxylation is 1. The zero-order valence-corrected chi connectivity index (χ0v) is 23.7. The molecule has 0 radical (unpaired) electrons. The predicted molar refractivity (Wildman–Crippen MR) is 164 cm³/mol. The first-order valence-electron chi connectivity index (χ1n) is 12.2. The molecule has 3 amide bonds. The molecule has 0 aliphatic heterocycles. The van der Waals surface area contributed by atoms with E-state index in [0.29, 0.717) is 27.0 Å². The summed E-state index contributed by atoms with van der Waals surface area (Å²) in [5.41, 5.74) is 3.27. The Morgan fingerprint density at radius 2 is 1.60 bits per heavy atom. The van der Waals surface area contributed by atoms with Gasteiger partial charge in [-0.15, -0.1) is 11.8 Å². The molecule has 4 aromatic carbocycles. The molecule has 0 aliphatic carbocycles. The van der Waals surface area contributed by atoms with E-state index in [2.05, 4.69) is 16.0 Å². The van der Waals surface area contributed by atoms with Crippen molar-refractivity contribution in [1.29, 1.82) is 0 Å². The Hall–Kier alpha value is -4.04. The van der Waals surface area contributed by atoms with Gasteiger partial charge in [-0.25, -0.2) is 0 Å². The van der Waals surface area contributed by atoms with E-state index in [-0.39, 0.29) is 17.4 Å². The first-order chi connectivity index (χ1) is 19.3. The van der Waals surface area contributed by atoms with Crippen LogP contribution in [0.2, 0.25) is 10.0 Å². The van der Waals surface area contributed by atoms with Gasteiger partial charge in [0.1, 0.15) is 5.70 Å². The standard InChI is InChI=1S/C31H25Cl2N3O3S/c1-20-7-5-8-21(15-20)16-28(36-30(38)22-9-3-2-4-10-22)31(39)34-24-11-6-12-25(18-24)40-19-29(37)35-27-17-23(32)13-14-26(27)33/h2-18H,19H2,1H3,(H,34,39)(H,35,37)(H,36,38)/b28-16+. The SMILES string of the molecule is Cc1cccc(/C=C(/NC(=O)c2ccccc2)C(=O)Nc2cccc(SCC(=O)Nc3cc(Cl)ccc3Cl)c2)c1. The minimum absolute atomic E-state index is 0.0929. The molecule has 4 aromatic rings. The van der Waals surface area contributed by atoms with Crippen molar-refractivity contribution in [2.45, 2.75) is 11.8 Å². The van der Waals surface area contributed by atoms with Gasteiger partial charge in [-0.2, -0.15) is 0 Å². The molecule has 0 unspecified atom stereocenters. The number of thioether (sulfide) groups is 1. The molecule has 0 spiro atoms. The van der Waals surface area contributed by atoms with E-state index in [9.17, 15) is 14.4 Å². The maximum absolute atomic E-state index is 13.3. The van der Waals surface area contributed by atoms with Crippen LogP contribution < -0.4 is 16.0 Å². The van der Waals surface area contributed by atoms with E-state index in [1.165, 1.54) is 11.8 Å². The molecule has 0 aliphatic rings. The minimum Gasteiger partial charge on any atom is -0.324 e. The third-order valence-corrected chi connectivity index (χ3v) is 7.10. The molecule has 0 atom stereocenters. The van der Waals surface area contributed by atoms with E-state index in [4.69, 9.17) is 23.2 Å². The summed E-state index contributed by atoms with van der Waals surface area (Å²) in [6.07, 6.45) is 1.63. The lowest BCUT2D eigenvalue weighted by Gasteiger charge is -2.12. The van der Waals surface area contributed by atoms with Gasteiger partial charge < -0.3 is 16.0 Å². The lowest BCUT2D eigenvalue weighted by molar-refractivity contribution is -0.114. The van der Waals surface area contributed by atoms with Crippen molar-refractivity contribution < 1.29 is 14.4 Å². The van der Waals surface area contributed by atoms with Crippen LogP contribution in [0, 0.1) is 6.92 Å². The number of benzene rings is 4. The Kier molecular flexibility index (Phi) is 10.0. The van der Waals surface area contributed by atoms with Gasteiger partial charge in [0.25, 0.3) is 11.8 Å². The lowest BCUT2D eigenvalue weighted by Crippen LogP contribution is -2.30. The molecule has 9 heteroatoms. The lowest BCUT2D eigenvalue weighted by atomic mass is 10.1. The average Bonchev–Trinajstić information content (AvgIpc) is 2.94. The maximum Gasteiger partial charge on any atom is 0.272 e. The summed E-state index contributed by atoms with van der Waals surface area (Å²) >= 11 is 13.4. The molecular formula is C31H25Cl2N3O3S. The van der Waals surface area contributed by atoms with Crippen LogP contribution in [0.1, 0.15) is 21.5 Å². The van der Waals surface area contributed by atoms with Gasteiger partial charge in [-0.05, 0) is 67.1 Å². The number of anilines is 2. The van der Waals surface area contributed by atoms with Gasteiger partial charge in [0.2, 0.25) is 5.91 Å². The van der Waals surface area contributed by atoms with Crippen LogP contribution in [0.4, 0.5) is 11.4 Å². The summed E-state index contributed by atoms with van der Waals surface area (Å²) in [5, 5.41) is 9.19. The highest BCUT2D eigenvalue weighted by Crippen LogP contribution is 2.27. The van der Waals surface area contributed by atoms with Crippen molar-refractivity contribution in [3.63, 3.8) is 0 Å². The number of halogens is 2. The van der Waals surface area contributed by atoms with Crippen molar-refractivity contribution >= 4 is 70.1 Å². The average molecular weight is 591 g/mol. The molecule has 0 saturated heterocycles. The number of rotatable bonds is 9. The first-order valence-corrected chi connectivity index (χ1v) is 13.9. The minimum atomic E-state index is -0.485. The van der Waals surface area contributed by atoms with Crippen LogP contribution in [0.25, 0.3) is 6.08 Å². The quantitative estimate of drug-likeness (QED) is 0.140. The van der Waals surface area contributed by atoms with E-state index >= 15 is 0 Å². The molecule has 4 rings (SSSR count). The smallest absolute Gasteiger partial charge is 0.272 e. The van der Waals surface area contributed by atoms with Gasteiger partial charge in [0.15, 0.2) is 0 Å². The fraction of sp³-hybridized carbons (Fsp3) is 0.0645. The van der Waals surface area contributed by atoms with Gasteiger partial charge in [0.05, 0.1) is 16.5 Å². The molecule has 0 aromatic heterocycles. The highest BCUT2D eigenvalue weighted by Gasteiger charge is 2.16. The summed E-state index contributed by atoms with van der Waals surface area (Å²) in [5.74, 6) is -1.02. The fourth-order valence-corrected chi connectivity index (χ4v) is 4.75. The fourth-order valence-electron chi connectivity index (χ4n) is 3.66. The summed E-state index contributed by atoms with van der Waals surface area (Å²) in [7, 11) is 0. The van der Waals surface area contributed by atoms with Crippen LogP contribution in [-0.2, 0) is 9.59 Å². The van der Waals surface area contributed by atoms with Crippen molar-refractivity contribution in [3.05, 3.63) is 129 Å². The van der Waals surface area contributed by atoms with Crippen molar-refractivity contribution in [2.75, 3.05) is 16.4 Å². The summed E-state index contributed by atoms with van der Waals surface area (Å²) in [4.78, 5) is 39.4. The van der Waals surface area contributed by atoms with Gasteiger partial charge in [-0.1, -0.05) is 77.3 Å². The molecule has 0 fully saturated rings. The normalized spacial score (nSPS) is 11.0. The van der Waals surface area contributed by atoms with E-state index in [1.807, 2.05) is 43.3 Å². The number of carbonyl (C=O) groups is 3. The first kappa shape index (κ1) is 29.0. The number of amides is 3. The van der Waals surface area contributed by atoms with Crippen LogP contribution in [0.15, 0.2) is 108 Å². The predicted octanol–water partition coefficient (Wildman–Crippen LogP) is 7.44. The highest BCUT2D eigenvalue weighted by molar-refractivity contribution is 8.00. The molecule has 202 valence electrons. The second kappa shape index (κ2) is 13.8. The number of nitrogens with one attached hydrogen (secondary N) is 3. The molecular weight excluding hydrogens is 565 g/mol. The molecule has 6 nitrogen and oxygen atoms in total. The van der Waals surface area contributed by atoms with Crippen molar-refractivity contribution in [2.24, 2.45) is 0 Å². The summed E-state index contributed by atoms with van der Waals surface area (Å²) in [6, 6.07) is 28.2. The van der Waals surface area contributed by atoms with E-state index in [1.54, 1.807) is 66.7 Å². The Balaban J connectivity index is 1.45. The third-order valence-electron chi connectivity index (χ3n) is 5.55. The molecule has 0 bridgehead atoms. The summed E-state index contributed by atoms with van der Waals surface area (Å²) in [6.45, 7) is 1.95. The highest BCUT2D eigenvalue weighted by atomic mass is 35.5. The molecule has 3 N–H and O–H groups in total. The van der Waals surface area contributed by atoms with E-state index in [0.717, 1.165) is 16.0 Å².